The molecule has 1 unspecified atom stereocenters. The van der Waals surface area contributed by atoms with Crippen LogP contribution in [0.15, 0.2) is 18.2 Å². The number of hydrogen-bond acceptors (Lipinski definition) is 5. The van der Waals surface area contributed by atoms with Crippen molar-refractivity contribution in [3.8, 4) is 0 Å². The van der Waals surface area contributed by atoms with E-state index >= 15 is 0 Å². The largest absolute Gasteiger partial charge is 0.380 e. The van der Waals surface area contributed by atoms with Gasteiger partial charge in [0.2, 0.25) is 5.91 Å². The van der Waals surface area contributed by atoms with Crippen molar-refractivity contribution < 1.29 is 9.72 Å². The number of hydrogen-bond donors (Lipinski definition) is 2. The van der Waals surface area contributed by atoms with Gasteiger partial charge in [0, 0.05) is 32.2 Å². The first-order valence-corrected chi connectivity index (χ1v) is 7.06. The van der Waals surface area contributed by atoms with E-state index in [-0.39, 0.29) is 17.6 Å². The molecule has 1 amide bonds. The number of benzene rings is 1. The predicted octanol–water partition coefficient (Wildman–Crippen LogP) is 1.35. The van der Waals surface area contributed by atoms with Crippen LogP contribution in [0.4, 0.5) is 11.4 Å². The molecule has 0 radical (unpaired) electrons. The Morgan fingerprint density at radius 3 is 2.95 bits per heavy atom. The number of nitrogens with one attached hydrogen (secondary N) is 2. The summed E-state index contributed by atoms with van der Waals surface area (Å²) in [4.78, 5) is 24.3. The number of carbonyl (C=O) groups is 1. The van der Waals surface area contributed by atoms with Crippen molar-refractivity contribution in [1.82, 2.24) is 10.2 Å². The van der Waals surface area contributed by atoms with Crippen LogP contribution in [0, 0.1) is 10.1 Å². The third-order valence-corrected chi connectivity index (χ3v) is 3.64. The lowest BCUT2D eigenvalue weighted by molar-refractivity contribution is -0.384. The summed E-state index contributed by atoms with van der Waals surface area (Å²) in [6.07, 6.45) is 0. The van der Waals surface area contributed by atoms with Crippen LogP contribution in [0.5, 0.6) is 0 Å². The molecule has 0 saturated carbocycles. The monoisotopic (exact) mass is 292 g/mol. The van der Waals surface area contributed by atoms with Gasteiger partial charge in [-0.05, 0) is 25.5 Å². The van der Waals surface area contributed by atoms with Crippen LogP contribution in [0.2, 0.25) is 0 Å². The summed E-state index contributed by atoms with van der Waals surface area (Å²) in [7, 11) is 0. The average molecular weight is 292 g/mol. The molecule has 0 bridgehead atoms. The molecule has 0 spiro atoms. The van der Waals surface area contributed by atoms with Gasteiger partial charge in [0.05, 0.1) is 11.0 Å². The Kier molecular flexibility index (Phi) is 4.74. The molecule has 7 heteroatoms. The van der Waals surface area contributed by atoms with Crippen molar-refractivity contribution in [2.24, 2.45) is 0 Å². The number of nitrogens with zero attached hydrogens (tertiary/aromatic N) is 2. The second-order valence-electron chi connectivity index (χ2n) is 5.08. The molecule has 1 saturated heterocycles. The maximum atomic E-state index is 11.7. The van der Waals surface area contributed by atoms with Crippen molar-refractivity contribution in [3.63, 3.8) is 0 Å². The standard InChI is InChI=1S/C14H20N4O3/c1-3-15-12-8-11(4-5-13(12)18(20)21)9-17-7-6-16-14(19)10(17)2/h4-5,8,10,15H,3,6-7,9H2,1-2H3,(H,16,19). The fourth-order valence-electron chi connectivity index (χ4n) is 2.45. The molecule has 1 aromatic carbocycles. The van der Waals surface area contributed by atoms with Gasteiger partial charge in [0.15, 0.2) is 0 Å². The lowest BCUT2D eigenvalue weighted by atomic mass is 10.1. The molecular formula is C14H20N4O3. The maximum Gasteiger partial charge on any atom is 0.292 e. The number of carbonyl (C=O) groups excluding carboxylic acids is 1. The summed E-state index contributed by atoms with van der Waals surface area (Å²) in [5, 5.41) is 16.8. The Balaban J connectivity index is 2.18. The fraction of sp³-hybridized carbons (Fsp3) is 0.500. The summed E-state index contributed by atoms with van der Waals surface area (Å²) in [5.41, 5.74) is 1.55. The van der Waals surface area contributed by atoms with Crippen molar-refractivity contribution in [3.05, 3.63) is 33.9 Å². The van der Waals surface area contributed by atoms with Gasteiger partial charge < -0.3 is 10.6 Å². The Bertz CT molecular complexity index is 547. The first-order chi connectivity index (χ1) is 10.0. The molecule has 21 heavy (non-hydrogen) atoms. The van der Waals surface area contributed by atoms with Crippen LogP contribution in [-0.2, 0) is 11.3 Å². The fourth-order valence-corrected chi connectivity index (χ4v) is 2.45. The van der Waals surface area contributed by atoms with E-state index in [2.05, 4.69) is 15.5 Å². The van der Waals surface area contributed by atoms with Crippen molar-refractivity contribution in [2.45, 2.75) is 26.4 Å². The minimum absolute atomic E-state index is 0.0232. The first-order valence-electron chi connectivity index (χ1n) is 7.06. The second kappa shape index (κ2) is 6.53. The molecule has 0 aliphatic carbocycles. The molecular weight excluding hydrogens is 272 g/mol. The Labute approximate surface area is 123 Å². The van der Waals surface area contributed by atoms with E-state index in [9.17, 15) is 14.9 Å². The SMILES string of the molecule is CCNc1cc(CN2CCNC(=O)C2C)ccc1[N+](=O)[O-]. The van der Waals surface area contributed by atoms with Crippen LogP contribution >= 0.6 is 0 Å². The minimum Gasteiger partial charge on any atom is -0.380 e. The molecule has 2 N–H and O–H groups in total. The molecule has 1 heterocycles. The number of anilines is 1. The Morgan fingerprint density at radius 2 is 2.29 bits per heavy atom. The summed E-state index contributed by atoms with van der Waals surface area (Å²) >= 11 is 0. The van der Waals surface area contributed by atoms with E-state index in [4.69, 9.17) is 0 Å². The van der Waals surface area contributed by atoms with Crippen LogP contribution < -0.4 is 10.6 Å². The molecule has 1 atom stereocenters. The topological polar surface area (TPSA) is 87.5 Å². The zero-order valence-corrected chi connectivity index (χ0v) is 12.3. The Morgan fingerprint density at radius 1 is 1.52 bits per heavy atom. The van der Waals surface area contributed by atoms with Crippen molar-refractivity contribution in [2.75, 3.05) is 25.0 Å². The molecule has 114 valence electrons. The number of amides is 1. The van der Waals surface area contributed by atoms with E-state index in [0.29, 0.717) is 25.3 Å². The highest BCUT2D eigenvalue weighted by molar-refractivity contribution is 5.82. The molecule has 1 fully saturated rings. The third kappa shape index (κ3) is 3.49. The molecule has 0 aromatic heterocycles. The summed E-state index contributed by atoms with van der Waals surface area (Å²) in [5.74, 6) is 0.0232. The second-order valence-corrected chi connectivity index (χ2v) is 5.08. The molecule has 2 rings (SSSR count). The summed E-state index contributed by atoms with van der Waals surface area (Å²) < 4.78 is 0. The Hall–Kier alpha value is -2.15. The summed E-state index contributed by atoms with van der Waals surface area (Å²) in [6, 6.07) is 4.87. The van der Waals surface area contributed by atoms with E-state index in [0.717, 1.165) is 12.1 Å². The maximum absolute atomic E-state index is 11.7. The summed E-state index contributed by atoms with van der Waals surface area (Å²) in [6.45, 7) is 6.40. The van der Waals surface area contributed by atoms with Crippen LogP contribution in [0.1, 0.15) is 19.4 Å². The molecule has 1 aromatic rings. The molecule has 7 nitrogen and oxygen atoms in total. The van der Waals surface area contributed by atoms with Crippen molar-refractivity contribution >= 4 is 17.3 Å². The highest BCUT2D eigenvalue weighted by atomic mass is 16.6. The highest BCUT2D eigenvalue weighted by Gasteiger charge is 2.25. The lowest BCUT2D eigenvalue weighted by Gasteiger charge is -2.32. The zero-order chi connectivity index (χ0) is 15.4. The van der Waals surface area contributed by atoms with E-state index in [1.807, 2.05) is 13.8 Å². The van der Waals surface area contributed by atoms with Crippen LogP contribution in [0.25, 0.3) is 0 Å². The number of rotatable bonds is 5. The quantitative estimate of drug-likeness (QED) is 0.632. The first kappa shape index (κ1) is 15.2. The van der Waals surface area contributed by atoms with E-state index in [1.165, 1.54) is 6.07 Å². The lowest BCUT2D eigenvalue weighted by Crippen LogP contribution is -2.53. The average Bonchev–Trinajstić information content (AvgIpc) is 2.44. The van der Waals surface area contributed by atoms with Crippen LogP contribution in [0.3, 0.4) is 0 Å². The zero-order valence-electron chi connectivity index (χ0n) is 12.3. The van der Waals surface area contributed by atoms with Gasteiger partial charge in [-0.3, -0.25) is 19.8 Å². The predicted molar refractivity (Wildman–Crippen MR) is 80.1 cm³/mol. The van der Waals surface area contributed by atoms with Gasteiger partial charge in [0.25, 0.3) is 5.69 Å². The number of piperazine rings is 1. The highest BCUT2D eigenvalue weighted by Crippen LogP contribution is 2.26. The molecule has 1 aliphatic rings. The van der Waals surface area contributed by atoms with Gasteiger partial charge >= 0.3 is 0 Å². The third-order valence-electron chi connectivity index (χ3n) is 3.64. The minimum atomic E-state index is -0.390. The normalized spacial score (nSPS) is 19.1. The van der Waals surface area contributed by atoms with Crippen molar-refractivity contribution in [1.29, 1.82) is 0 Å². The van der Waals surface area contributed by atoms with Gasteiger partial charge in [-0.2, -0.15) is 0 Å². The van der Waals surface area contributed by atoms with Gasteiger partial charge in [-0.25, -0.2) is 0 Å². The van der Waals surface area contributed by atoms with Gasteiger partial charge in [0.1, 0.15) is 5.69 Å². The smallest absolute Gasteiger partial charge is 0.292 e. The van der Waals surface area contributed by atoms with Gasteiger partial charge in [-0.15, -0.1) is 0 Å². The molecule has 1 aliphatic heterocycles. The van der Waals surface area contributed by atoms with E-state index < -0.39 is 4.92 Å². The van der Waals surface area contributed by atoms with E-state index in [1.54, 1.807) is 12.1 Å². The number of nitro benzene ring substituents is 1. The van der Waals surface area contributed by atoms with Crippen LogP contribution in [-0.4, -0.2) is 41.4 Å². The van der Waals surface area contributed by atoms with Gasteiger partial charge in [-0.1, -0.05) is 6.07 Å². The number of nitro groups is 1.